The predicted molar refractivity (Wildman–Crippen MR) is 263 cm³/mol. The second-order valence-corrected chi connectivity index (χ2v) is 18.4. The molecule has 0 aromatic carbocycles. The van der Waals surface area contributed by atoms with Crippen LogP contribution in [-0.4, -0.2) is 75.5 Å². The SMILES string of the molecule is CCCCCCCC/C=C/C/C=C/C/C=C/CCCC(=O)OC(COCCC(C(=O)[O-])[N+](C)(C)C)COC(=O)CCCCCCCCC/C=C/C/C=C/CCCCCCCCCC. The third-order valence-electron chi connectivity index (χ3n) is 11.4. The summed E-state index contributed by atoms with van der Waals surface area (Å²) >= 11 is 0. The van der Waals surface area contributed by atoms with Gasteiger partial charge in [-0.2, -0.15) is 0 Å². The molecule has 364 valence electrons. The van der Waals surface area contributed by atoms with Gasteiger partial charge >= 0.3 is 11.9 Å². The predicted octanol–water partition coefficient (Wildman–Crippen LogP) is 13.6. The van der Waals surface area contributed by atoms with E-state index in [1.54, 1.807) is 21.1 Å². The lowest BCUT2D eigenvalue weighted by atomic mass is 10.1. The molecule has 0 bridgehead atoms. The van der Waals surface area contributed by atoms with Crippen LogP contribution in [0.3, 0.4) is 0 Å². The van der Waals surface area contributed by atoms with Crippen molar-refractivity contribution in [2.75, 3.05) is 41.0 Å². The summed E-state index contributed by atoms with van der Waals surface area (Å²) in [7, 11) is 5.39. The summed E-state index contributed by atoms with van der Waals surface area (Å²) in [6, 6.07) is -0.738. The van der Waals surface area contributed by atoms with E-state index in [4.69, 9.17) is 14.2 Å². The van der Waals surface area contributed by atoms with E-state index < -0.39 is 18.1 Å². The lowest BCUT2D eigenvalue weighted by Gasteiger charge is -2.34. The first kappa shape index (κ1) is 60.0. The van der Waals surface area contributed by atoms with E-state index in [0.29, 0.717) is 12.8 Å². The minimum atomic E-state index is -1.13. The Morgan fingerprint density at radius 2 is 0.857 bits per heavy atom. The fraction of sp³-hybridized carbons (Fsp3) is 0.764. The van der Waals surface area contributed by atoms with Crippen LogP contribution in [0.15, 0.2) is 60.8 Å². The van der Waals surface area contributed by atoms with E-state index in [1.165, 1.54) is 128 Å². The molecule has 0 aliphatic heterocycles. The van der Waals surface area contributed by atoms with Gasteiger partial charge in [0.25, 0.3) is 0 Å². The first-order chi connectivity index (χ1) is 30.6. The van der Waals surface area contributed by atoms with Crippen LogP contribution in [0.4, 0.5) is 0 Å². The zero-order valence-corrected chi connectivity index (χ0v) is 41.5. The third-order valence-corrected chi connectivity index (χ3v) is 11.4. The van der Waals surface area contributed by atoms with Crippen LogP contribution in [-0.2, 0) is 28.6 Å². The maximum atomic E-state index is 12.7. The van der Waals surface area contributed by atoms with Crippen molar-refractivity contribution in [1.29, 1.82) is 0 Å². The standard InChI is InChI=1S/C55H97NO7/c1-6-8-10-12-14-16-18-20-22-24-25-26-27-28-30-31-33-35-37-39-41-43-45-53(57)62-50-51(49-61-48-47-52(55(59)60)56(3,4)5)63-54(58)46-44-42-40-38-36-34-32-29-23-21-19-17-15-13-11-9-7-2/h21,23-25,27-28,32,34,38,40,51-52H,6-20,22,26,29-31,33,35-37,39,41-50H2,1-5H3/b23-21+,25-24+,28-27+,34-32+,40-38+. The van der Waals surface area contributed by atoms with Gasteiger partial charge in [0.05, 0.1) is 40.3 Å². The number of allylic oxidation sites excluding steroid dienone is 10. The number of carboxylic acid groups (broad SMARTS) is 1. The maximum absolute atomic E-state index is 12.7. The Bertz CT molecular complexity index is 1210. The highest BCUT2D eigenvalue weighted by molar-refractivity contribution is 5.70. The van der Waals surface area contributed by atoms with Crippen LogP contribution in [0, 0.1) is 0 Å². The highest BCUT2D eigenvalue weighted by Crippen LogP contribution is 2.14. The highest BCUT2D eigenvalue weighted by atomic mass is 16.6. The molecular weight excluding hydrogens is 787 g/mol. The molecular formula is C55H97NO7. The van der Waals surface area contributed by atoms with Crippen LogP contribution in [0.1, 0.15) is 219 Å². The van der Waals surface area contributed by atoms with Crippen LogP contribution in [0.2, 0.25) is 0 Å². The molecule has 2 atom stereocenters. The van der Waals surface area contributed by atoms with E-state index >= 15 is 0 Å². The van der Waals surface area contributed by atoms with E-state index in [1.807, 2.05) is 0 Å². The quantitative estimate of drug-likeness (QED) is 0.0260. The van der Waals surface area contributed by atoms with Gasteiger partial charge in [-0.1, -0.05) is 184 Å². The number of carbonyl (C=O) groups excluding carboxylic acids is 3. The van der Waals surface area contributed by atoms with Crippen molar-refractivity contribution in [2.45, 2.75) is 231 Å². The van der Waals surface area contributed by atoms with Gasteiger partial charge in [-0.3, -0.25) is 9.59 Å². The zero-order chi connectivity index (χ0) is 46.3. The number of hydrogen-bond acceptors (Lipinski definition) is 7. The summed E-state index contributed by atoms with van der Waals surface area (Å²) in [6.45, 7) is 4.60. The van der Waals surface area contributed by atoms with Crippen molar-refractivity contribution in [2.24, 2.45) is 0 Å². The molecule has 8 heteroatoms. The zero-order valence-electron chi connectivity index (χ0n) is 41.5. The Balaban J connectivity index is 4.32. The molecule has 0 aromatic rings. The molecule has 0 spiro atoms. The first-order valence-corrected chi connectivity index (χ1v) is 25.8. The monoisotopic (exact) mass is 884 g/mol. The Hall–Kier alpha value is -2.97. The van der Waals surface area contributed by atoms with Gasteiger partial charge in [0.15, 0.2) is 6.10 Å². The van der Waals surface area contributed by atoms with Crippen LogP contribution in [0.25, 0.3) is 0 Å². The van der Waals surface area contributed by atoms with Gasteiger partial charge in [0, 0.05) is 19.3 Å². The number of esters is 2. The fourth-order valence-electron chi connectivity index (χ4n) is 7.35. The van der Waals surface area contributed by atoms with Crippen molar-refractivity contribution in [1.82, 2.24) is 0 Å². The lowest BCUT2D eigenvalue weighted by Crippen LogP contribution is -2.55. The molecule has 0 saturated carbocycles. The van der Waals surface area contributed by atoms with Gasteiger partial charge in [-0.25, -0.2) is 0 Å². The molecule has 63 heavy (non-hydrogen) atoms. The maximum Gasteiger partial charge on any atom is 0.306 e. The average Bonchev–Trinajstić information content (AvgIpc) is 3.24. The van der Waals surface area contributed by atoms with Gasteiger partial charge in [-0.05, 0) is 77.0 Å². The Labute approximate surface area is 388 Å². The molecule has 0 rings (SSSR count). The number of ether oxygens (including phenoxy) is 3. The molecule has 0 aliphatic rings. The van der Waals surface area contributed by atoms with Gasteiger partial charge in [0.2, 0.25) is 0 Å². The van der Waals surface area contributed by atoms with E-state index in [-0.39, 0.29) is 49.1 Å². The molecule has 0 heterocycles. The first-order valence-electron chi connectivity index (χ1n) is 25.8. The minimum Gasteiger partial charge on any atom is -0.544 e. The highest BCUT2D eigenvalue weighted by Gasteiger charge is 2.25. The van der Waals surface area contributed by atoms with E-state index in [0.717, 1.165) is 51.4 Å². The number of nitrogens with zero attached hydrogens (tertiary/aromatic N) is 1. The van der Waals surface area contributed by atoms with E-state index in [9.17, 15) is 19.5 Å². The lowest BCUT2D eigenvalue weighted by molar-refractivity contribution is -0.889. The Morgan fingerprint density at radius 1 is 0.476 bits per heavy atom. The number of carbonyl (C=O) groups is 3. The minimum absolute atomic E-state index is 0.0165. The van der Waals surface area contributed by atoms with Crippen molar-refractivity contribution in [3.63, 3.8) is 0 Å². The second-order valence-electron chi connectivity index (χ2n) is 18.4. The number of unbranched alkanes of at least 4 members (excludes halogenated alkanes) is 22. The normalized spacial score (nSPS) is 13.3. The molecule has 0 N–H and O–H groups in total. The molecule has 0 fully saturated rings. The van der Waals surface area contributed by atoms with E-state index in [2.05, 4.69) is 74.6 Å². The van der Waals surface area contributed by atoms with Gasteiger partial charge in [-0.15, -0.1) is 0 Å². The van der Waals surface area contributed by atoms with Crippen molar-refractivity contribution in [3.05, 3.63) is 60.8 Å². The van der Waals surface area contributed by atoms with Crippen LogP contribution < -0.4 is 5.11 Å². The Morgan fingerprint density at radius 3 is 1.29 bits per heavy atom. The summed E-state index contributed by atoms with van der Waals surface area (Å²) in [4.78, 5) is 37.0. The largest absolute Gasteiger partial charge is 0.544 e. The van der Waals surface area contributed by atoms with Crippen LogP contribution in [0.5, 0.6) is 0 Å². The average molecular weight is 884 g/mol. The fourth-order valence-corrected chi connectivity index (χ4v) is 7.35. The molecule has 8 nitrogen and oxygen atoms in total. The summed E-state index contributed by atoms with van der Waals surface area (Å²) in [5, 5.41) is 11.7. The molecule has 0 saturated heterocycles. The molecule has 0 radical (unpaired) electrons. The smallest absolute Gasteiger partial charge is 0.306 e. The number of hydrogen-bond donors (Lipinski definition) is 0. The summed E-state index contributed by atoms with van der Waals surface area (Å²) in [6.07, 6.45) is 56.9. The van der Waals surface area contributed by atoms with Gasteiger partial charge in [0.1, 0.15) is 12.6 Å². The van der Waals surface area contributed by atoms with Crippen molar-refractivity contribution in [3.8, 4) is 0 Å². The summed E-state index contributed by atoms with van der Waals surface area (Å²) in [5.41, 5.74) is 0. The molecule has 2 unspecified atom stereocenters. The number of carboxylic acids is 1. The summed E-state index contributed by atoms with van der Waals surface area (Å²) in [5.74, 6) is -1.81. The topological polar surface area (TPSA) is 102 Å². The summed E-state index contributed by atoms with van der Waals surface area (Å²) < 4.78 is 17.2. The van der Waals surface area contributed by atoms with Crippen molar-refractivity contribution < 1.29 is 38.2 Å². The number of aliphatic carboxylic acids is 1. The second kappa shape index (κ2) is 45.6. The third kappa shape index (κ3) is 44.0. The number of rotatable bonds is 46. The van der Waals surface area contributed by atoms with Crippen LogP contribution >= 0.6 is 0 Å². The number of likely N-dealkylation sites (N-methyl/N-ethyl adjacent to an activating group) is 1. The molecule has 0 aromatic heterocycles. The molecule has 0 aliphatic carbocycles. The molecule has 0 amide bonds. The van der Waals surface area contributed by atoms with Gasteiger partial charge < -0.3 is 28.6 Å². The van der Waals surface area contributed by atoms with Crippen molar-refractivity contribution >= 4 is 17.9 Å². The Kier molecular flexibility index (Phi) is 43.4. The number of quaternary nitrogens is 1.